The number of amides is 1. The third-order valence-corrected chi connectivity index (χ3v) is 5.55. The fourth-order valence-corrected chi connectivity index (χ4v) is 3.83. The number of esters is 1. The summed E-state index contributed by atoms with van der Waals surface area (Å²) in [5, 5.41) is 0. The second kappa shape index (κ2) is 8.56. The molecule has 2 aliphatic heterocycles. The lowest BCUT2D eigenvalue weighted by Crippen LogP contribution is -2.37. The second-order valence-corrected chi connectivity index (χ2v) is 8.22. The van der Waals surface area contributed by atoms with E-state index in [2.05, 4.69) is 4.40 Å². The molecule has 1 aromatic carbocycles. The van der Waals surface area contributed by atoms with E-state index in [1.807, 2.05) is 0 Å². The van der Waals surface area contributed by atoms with Crippen LogP contribution in [0, 0.1) is 5.82 Å². The number of sulfonamides is 1. The van der Waals surface area contributed by atoms with Crippen LogP contribution in [-0.2, 0) is 30.9 Å². The standard InChI is InChI=1S/C19H20FN3O5S/c1-2-22(11-14-4-3-5-16(20)10-14)18(24)13-28-19(25)15-6-7-17-21-29(26,27)9-8-23(17)12-15/h3-7,10,12H,2,8-9,11,13H2,1H3. The monoisotopic (exact) mass is 421 g/mol. The zero-order chi connectivity index (χ0) is 21.0. The van der Waals surface area contributed by atoms with Crippen molar-refractivity contribution in [2.24, 2.45) is 4.40 Å². The molecule has 0 saturated carbocycles. The molecule has 1 amide bonds. The summed E-state index contributed by atoms with van der Waals surface area (Å²) in [4.78, 5) is 27.6. The van der Waals surface area contributed by atoms with Crippen LogP contribution in [0.25, 0.3) is 0 Å². The van der Waals surface area contributed by atoms with Crippen molar-refractivity contribution in [3.8, 4) is 0 Å². The molecule has 0 bridgehead atoms. The SMILES string of the molecule is CCN(Cc1cccc(F)c1)C(=O)COC(=O)C1=CN2CCS(=O)(=O)N=C2C=C1. The van der Waals surface area contributed by atoms with Crippen LogP contribution in [0.15, 0.2) is 52.6 Å². The molecule has 0 aromatic heterocycles. The molecule has 29 heavy (non-hydrogen) atoms. The lowest BCUT2D eigenvalue weighted by Gasteiger charge is -2.26. The third-order valence-electron chi connectivity index (χ3n) is 4.38. The van der Waals surface area contributed by atoms with Gasteiger partial charge in [-0.05, 0) is 36.8 Å². The molecule has 3 rings (SSSR count). The summed E-state index contributed by atoms with van der Waals surface area (Å²) >= 11 is 0. The summed E-state index contributed by atoms with van der Waals surface area (Å²) < 4.78 is 45.1. The van der Waals surface area contributed by atoms with Gasteiger partial charge in [0.05, 0.1) is 11.3 Å². The smallest absolute Gasteiger partial charge is 0.340 e. The number of fused-ring (bicyclic) bond motifs is 1. The predicted molar refractivity (Wildman–Crippen MR) is 104 cm³/mol. The van der Waals surface area contributed by atoms with E-state index in [0.717, 1.165) is 0 Å². The number of benzene rings is 1. The zero-order valence-corrected chi connectivity index (χ0v) is 16.6. The van der Waals surface area contributed by atoms with Crippen molar-refractivity contribution in [2.45, 2.75) is 13.5 Å². The number of ether oxygens (including phenoxy) is 1. The largest absolute Gasteiger partial charge is 0.452 e. The van der Waals surface area contributed by atoms with Crippen molar-refractivity contribution in [2.75, 3.05) is 25.4 Å². The van der Waals surface area contributed by atoms with Gasteiger partial charge in [0.25, 0.3) is 15.9 Å². The molecule has 0 atom stereocenters. The normalized spacial score (nSPS) is 17.1. The Morgan fingerprint density at radius 2 is 2.10 bits per heavy atom. The van der Waals surface area contributed by atoms with Gasteiger partial charge in [0.2, 0.25) is 0 Å². The van der Waals surface area contributed by atoms with E-state index in [9.17, 15) is 22.4 Å². The number of rotatable bonds is 6. The lowest BCUT2D eigenvalue weighted by molar-refractivity contribution is -0.149. The number of carbonyl (C=O) groups is 2. The Labute approximate surface area is 168 Å². The molecule has 0 radical (unpaired) electrons. The van der Waals surface area contributed by atoms with Crippen LogP contribution in [0.1, 0.15) is 12.5 Å². The first kappa shape index (κ1) is 20.7. The minimum Gasteiger partial charge on any atom is -0.452 e. The number of hydrogen-bond acceptors (Lipinski definition) is 6. The Morgan fingerprint density at radius 3 is 2.83 bits per heavy atom. The van der Waals surface area contributed by atoms with Crippen molar-refractivity contribution < 1.29 is 27.1 Å². The van der Waals surface area contributed by atoms with Gasteiger partial charge in [0, 0.05) is 25.8 Å². The Morgan fingerprint density at radius 1 is 1.31 bits per heavy atom. The molecule has 1 aromatic rings. The van der Waals surface area contributed by atoms with Gasteiger partial charge in [-0.15, -0.1) is 4.40 Å². The lowest BCUT2D eigenvalue weighted by atomic mass is 10.2. The quantitative estimate of drug-likeness (QED) is 0.641. The predicted octanol–water partition coefficient (Wildman–Crippen LogP) is 1.22. The Balaban J connectivity index is 1.58. The van der Waals surface area contributed by atoms with Gasteiger partial charge in [0.15, 0.2) is 6.61 Å². The highest BCUT2D eigenvalue weighted by Crippen LogP contribution is 2.16. The van der Waals surface area contributed by atoms with E-state index >= 15 is 0 Å². The molecule has 154 valence electrons. The molecule has 0 spiro atoms. The van der Waals surface area contributed by atoms with Crippen molar-refractivity contribution >= 4 is 27.7 Å². The molecule has 0 aliphatic carbocycles. The highest BCUT2D eigenvalue weighted by atomic mass is 32.2. The minimum absolute atomic E-state index is 0.146. The van der Waals surface area contributed by atoms with Gasteiger partial charge >= 0.3 is 5.97 Å². The van der Waals surface area contributed by atoms with Gasteiger partial charge in [-0.2, -0.15) is 0 Å². The van der Waals surface area contributed by atoms with E-state index < -0.39 is 28.5 Å². The molecule has 10 heteroatoms. The molecule has 0 fully saturated rings. The molecular weight excluding hydrogens is 401 g/mol. The van der Waals surface area contributed by atoms with E-state index in [0.29, 0.717) is 12.1 Å². The fraction of sp³-hybridized carbons (Fsp3) is 0.316. The average molecular weight is 421 g/mol. The number of nitrogens with zero attached hydrogens (tertiary/aromatic N) is 3. The second-order valence-electron chi connectivity index (χ2n) is 6.46. The van der Waals surface area contributed by atoms with Gasteiger partial charge in [-0.1, -0.05) is 12.1 Å². The molecule has 2 aliphatic rings. The van der Waals surface area contributed by atoms with E-state index in [1.54, 1.807) is 24.0 Å². The van der Waals surface area contributed by atoms with E-state index in [-0.39, 0.29) is 36.1 Å². The third kappa shape index (κ3) is 5.29. The molecule has 8 nitrogen and oxygen atoms in total. The summed E-state index contributed by atoms with van der Waals surface area (Å²) in [6, 6.07) is 5.94. The van der Waals surface area contributed by atoms with Gasteiger partial charge in [0.1, 0.15) is 11.7 Å². The van der Waals surface area contributed by atoms with Gasteiger partial charge in [-0.25, -0.2) is 17.6 Å². The maximum absolute atomic E-state index is 13.3. The molecule has 0 saturated heterocycles. The number of likely N-dealkylation sites (N-methyl/N-ethyl adjacent to an activating group) is 1. The van der Waals surface area contributed by atoms with Gasteiger partial charge in [-0.3, -0.25) is 4.79 Å². The number of halogens is 1. The molecule has 0 unspecified atom stereocenters. The number of carbonyl (C=O) groups excluding carboxylic acids is 2. The zero-order valence-electron chi connectivity index (χ0n) is 15.7. The average Bonchev–Trinajstić information content (AvgIpc) is 2.69. The van der Waals surface area contributed by atoms with Crippen LogP contribution in [-0.4, -0.2) is 61.4 Å². The summed E-state index contributed by atoms with van der Waals surface area (Å²) in [5.74, 6) is -1.41. The summed E-state index contributed by atoms with van der Waals surface area (Å²) in [5.41, 5.74) is 0.820. The maximum atomic E-state index is 13.3. The van der Waals surface area contributed by atoms with Crippen LogP contribution in [0.4, 0.5) is 4.39 Å². The first-order valence-corrected chi connectivity index (χ1v) is 10.6. The highest BCUT2D eigenvalue weighted by molar-refractivity contribution is 7.90. The van der Waals surface area contributed by atoms with Crippen LogP contribution in [0.2, 0.25) is 0 Å². The Bertz CT molecular complexity index is 1020. The maximum Gasteiger partial charge on any atom is 0.340 e. The summed E-state index contributed by atoms with van der Waals surface area (Å²) in [7, 11) is -3.48. The molecule has 2 heterocycles. The van der Waals surface area contributed by atoms with Crippen LogP contribution in [0.5, 0.6) is 0 Å². The van der Waals surface area contributed by atoms with Crippen LogP contribution in [0.3, 0.4) is 0 Å². The highest BCUT2D eigenvalue weighted by Gasteiger charge is 2.26. The van der Waals surface area contributed by atoms with Crippen molar-refractivity contribution in [3.63, 3.8) is 0 Å². The summed E-state index contributed by atoms with van der Waals surface area (Å²) in [6.07, 6.45) is 4.26. The first-order chi connectivity index (χ1) is 13.8. The number of hydrogen-bond donors (Lipinski definition) is 0. The van der Waals surface area contributed by atoms with E-state index in [1.165, 1.54) is 35.4 Å². The molecule has 0 N–H and O–H groups in total. The topological polar surface area (TPSA) is 96.4 Å². The van der Waals surface area contributed by atoms with Crippen LogP contribution < -0.4 is 0 Å². The summed E-state index contributed by atoms with van der Waals surface area (Å²) in [6.45, 7) is 2.07. The van der Waals surface area contributed by atoms with Crippen molar-refractivity contribution in [1.29, 1.82) is 0 Å². The number of amidine groups is 1. The fourth-order valence-electron chi connectivity index (χ4n) is 2.86. The Hall–Kier alpha value is -3.01. The molecular formula is C19H20FN3O5S. The van der Waals surface area contributed by atoms with Crippen molar-refractivity contribution in [3.05, 3.63) is 59.6 Å². The van der Waals surface area contributed by atoms with Crippen molar-refractivity contribution in [1.82, 2.24) is 9.80 Å². The van der Waals surface area contributed by atoms with Gasteiger partial charge < -0.3 is 14.5 Å². The van der Waals surface area contributed by atoms with E-state index in [4.69, 9.17) is 4.74 Å². The van der Waals surface area contributed by atoms with Crippen LogP contribution >= 0.6 is 0 Å². The Kier molecular flexibility index (Phi) is 6.12. The first-order valence-electron chi connectivity index (χ1n) is 8.96. The minimum atomic E-state index is -3.48.